The van der Waals surface area contributed by atoms with E-state index in [9.17, 15) is 8.42 Å². The predicted octanol–water partition coefficient (Wildman–Crippen LogP) is 5.14. The summed E-state index contributed by atoms with van der Waals surface area (Å²) >= 11 is 11.9. The number of hydrogen-bond donors (Lipinski definition) is 1. The van der Waals surface area contributed by atoms with Crippen molar-refractivity contribution in [1.29, 1.82) is 0 Å². The van der Waals surface area contributed by atoms with Crippen LogP contribution in [0.15, 0.2) is 47.4 Å². The van der Waals surface area contributed by atoms with Gasteiger partial charge in [0.25, 0.3) is 10.0 Å². The summed E-state index contributed by atoms with van der Waals surface area (Å²) in [5.74, 6) is 0. The molecule has 0 fully saturated rings. The van der Waals surface area contributed by atoms with Gasteiger partial charge >= 0.3 is 0 Å². The van der Waals surface area contributed by atoms with Crippen molar-refractivity contribution in [3.05, 3.63) is 58.1 Å². The molecule has 0 spiro atoms. The maximum absolute atomic E-state index is 12.4. The van der Waals surface area contributed by atoms with Gasteiger partial charge in [0.05, 0.1) is 15.6 Å². The molecule has 0 aliphatic heterocycles. The second-order valence-electron chi connectivity index (χ2n) is 4.98. The molecule has 118 valence electrons. The highest BCUT2D eigenvalue weighted by atomic mass is 35.5. The molecule has 2 aromatic rings. The molecule has 0 aliphatic rings. The fourth-order valence-electron chi connectivity index (χ4n) is 2.00. The zero-order valence-corrected chi connectivity index (χ0v) is 14.5. The molecular weight excluding hydrogens is 341 g/mol. The minimum atomic E-state index is -3.68. The Morgan fingerprint density at radius 3 is 2.36 bits per heavy atom. The van der Waals surface area contributed by atoms with Crippen LogP contribution < -0.4 is 4.72 Å². The quantitative estimate of drug-likeness (QED) is 0.777. The molecule has 2 rings (SSSR count). The van der Waals surface area contributed by atoms with E-state index in [1.54, 1.807) is 24.3 Å². The van der Waals surface area contributed by atoms with E-state index in [2.05, 4.69) is 11.6 Å². The largest absolute Gasteiger partial charge is 0.278 e. The van der Waals surface area contributed by atoms with Crippen LogP contribution >= 0.6 is 23.2 Å². The van der Waals surface area contributed by atoms with Crippen molar-refractivity contribution in [1.82, 2.24) is 0 Å². The lowest BCUT2D eigenvalue weighted by Crippen LogP contribution is -2.13. The molecule has 0 unspecified atom stereocenters. The summed E-state index contributed by atoms with van der Waals surface area (Å²) in [6.07, 6.45) is 3.14. The van der Waals surface area contributed by atoms with Crippen molar-refractivity contribution in [3.8, 4) is 0 Å². The van der Waals surface area contributed by atoms with Crippen LogP contribution in [0, 0.1) is 0 Å². The average molecular weight is 358 g/mol. The lowest BCUT2D eigenvalue weighted by atomic mass is 10.1. The third-order valence-corrected chi connectivity index (χ3v) is 5.17. The van der Waals surface area contributed by atoms with E-state index in [0.717, 1.165) is 24.8 Å². The molecule has 0 amide bonds. The number of rotatable bonds is 6. The van der Waals surface area contributed by atoms with Crippen molar-refractivity contribution in [2.75, 3.05) is 4.72 Å². The van der Waals surface area contributed by atoms with Gasteiger partial charge in [0.15, 0.2) is 0 Å². The van der Waals surface area contributed by atoms with E-state index in [1.807, 2.05) is 12.1 Å². The van der Waals surface area contributed by atoms with Crippen molar-refractivity contribution in [2.24, 2.45) is 0 Å². The van der Waals surface area contributed by atoms with Gasteiger partial charge in [-0.15, -0.1) is 0 Å². The molecule has 0 atom stereocenters. The first-order valence-electron chi connectivity index (χ1n) is 6.99. The normalized spacial score (nSPS) is 11.4. The highest BCUT2D eigenvalue weighted by Crippen LogP contribution is 2.27. The van der Waals surface area contributed by atoms with Crippen LogP contribution in [0.1, 0.15) is 25.3 Å². The Labute approximate surface area is 141 Å². The Morgan fingerprint density at radius 2 is 1.73 bits per heavy atom. The summed E-state index contributed by atoms with van der Waals surface area (Å²) in [4.78, 5) is 0.198. The second-order valence-corrected chi connectivity index (χ2v) is 7.50. The van der Waals surface area contributed by atoms with Crippen LogP contribution in [0.2, 0.25) is 10.0 Å². The number of benzene rings is 2. The average Bonchev–Trinajstić information content (AvgIpc) is 2.49. The van der Waals surface area contributed by atoms with Gasteiger partial charge < -0.3 is 0 Å². The zero-order valence-electron chi connectivity index (χ0n) is 12.1. The highest BCUT2D eigenvalue weighted by Gasteiger charge is 2.16. The molecular formula is C16H17Cl2NO2S. The van der Waals surface area contributed by atoms with E-state index in [-0.39, 0.29) is 10.6 Å². The molecule has 6 heteroatoms. The van der Waals surface area contributed by atoms with E-state index in [4.69, 9.17) is 23.2 Å². The molecule has 2 aromatic carbocycles. The van der Waals surface area contributed by atoms with Crippen LogP contribution in [0.25, 0.3) is 0 Å². The molecule has 3 nitrogen and oxygen atoms in total. The first kappa shape index (κ1) is 17.1. The number of anilines is 1. The van der Waals surface area contributed by atoms with Gasteiger partial charge in [0.1, 0.15) is 0 Å². The predicted molar refractivity (Wildman–Crippen MR) is 92.3 cm³/mol. The summed E-state index contributed by atoms with van der Waals surface area (Å²) in [7, 11) is -3.68. The number of unbranched alkanes of at least 4 members (excludes halogenated alkanes) is 1. The summed E-state index contributed by atoms with van der Waals surface area (Å²) in [6, 6.07) is 11.5. The van der Waals surface area contributed by atoms with Crippen molar-refractivity contribution < 1.29 is 8.42 Å². The minimum Gasteiger partial charge on any atom is -0.278 e. The molecule has 0 saturated carbocycles. The molecule has 0 saturated heterocycles. The Morgan fingerprint density at radius 1 is 1.05 bits per heavy atom. The van der Waals surface area contributed by atoms with Crippen molar-refractivity contribution in [3.63, 3.8) is 0 Å². The number of aryl methyl sites for hydroxylation is 1. The number of nitrogens with one attached hydrogen (secondary N) is 1. The van der Waals surface area contributed by atoms with E-state index in [0.29, 0.717) is 10.0 Å². The summed E-state index contributed by atoms with van der Waals surface area (Å²) in [5.41, 5.74) is 1.39. The fourth-order valence-corrected chi connectivity index (χ4v) is 3.46. The van der Waals surface area contributed by atoms with Gasteiger partial charge in [0.2, 0.25) is 0 Å². The smallest absolute Gasteiger partial charge is 0.261 e. The number of hydrogen-bond acceptors (Lipinski definition) is 2. The monoisotopic (exact) mass is 357 g/mol. The van der Waals surface area contributed by atoms with Crippen LogP contribution in [-0.2, 0) is 16.4 Å². The molecule has 22 heavy (non-hydrogen) atoms. The summed E-state index contributed by atoms with van der Waals surface area (Å²) in [5, 5.41) is 0.713. The van der Waals surface area contributed by atoms with Crippen LogP contribution in [-0.4, -0.2) is 8.42 Å². The van der Waals surface area contributed by atoms with Gasteiger partial charge in [-0.25, -0.2) is 8.42 Å². The first-order chi connectivity index (χ1) is 10.4. The van der Waals surface area contributed by atoms with Gasteiger partial charge in [-0.2, -0.15) is 0 Å². The van der Waals surface area contributed by atoms with Gasteiger partial charge in [0, 0.05) is 5.02 Å². The summed E-state index contributed by atoms with van der Waals surface area (Å²) < 4.78 is 27.2. The zero-order chi connectivity index (χ0) is 16.2. The molecule has 0 radical (unpaired) electrons. The van der Waals surface area contributed by atoms with Gasteiger partial charge in [-0.1, -0.05) is 48.7 Å². The minimum absolute atomic E-state index is 0.198. The maximum Gasteiger partial charge on any atom is 0.261 e. The lowest BCUT2D eigenvalue weighted by molar-refractivity contribution is 0.601. The second kappa shape index (κ2) is 7.36. The molecule has 0 aromatic heterocycles. The van der Waals surface area contributed by atoms with Crippen molar-refractivity contribution >= 4 is 38.9 Å². The molecule has 0 bridgehead atoms. The Bertz CT molecular complexity index is 743. The standard InChI is InChI=1S/C16H17Cl2NO2S/c1-2-3-4-12-5-8-14(9-6-12)22(20,21)19-16-11-13(17)7-10-15(16)18/h5-11,19H,2-4H2,1H3. The van der Waals surface area contributed by atoms with Crippen LogP contribution in [0.5, 0.6) is 0 Å². The molecule has 0 aliphatic carbocycles. The topological polar surface area (TPSA) is 46.2 Å². The highest BCUT2D eigenvalue weighted by molar-refractivity contribution is 7.92. The third kappa shape index (κ3) is 4.38. The lowest BCUT2D eigenvalue weighted by Gasteiger charge is -2.10. The first-order valence-corrected chi connectivity index (χ1v) is 9.23. The molecule has 1 N–H and O–H groups in total. The Balaban J connectivity index is 2.21. The Hall–Kier alpha value is -1.23. The van der Waals surface area contributed by atoms with E-state index >= 15 is 0 Å². The fraction of sp³-hybridized carbons (Fsp3) is 0.250. The number of sulfonamides is 1. The maximum atomic E-state index is 12.4. The van der Waals surface area contributed by atoms with Crippen molar-refractivity contribution in [2.45, 2.75) is 31.1 Å². The van der Waals surface area contributed by atoms with Gasteiger partial charge in [-0.3, -0.25) is 4.72 Å². The molecule has 0 heterocycles. The SMILES string of the molecule is CCCCc1ccc(S(=O)(=O)Nc2cc(Cl)ccc2Cl)cc1. The third-order valence-electron chi connectivity index (χ3n) is 3.23. The number of halogens is 2. The van der Waals surface area contributed by atoms with E-state index < -0.39 is 10.0 Å². The Kier molecular flexibility index (Phi) is 5.73. The van der Waals surface area contributed by atoms with Crippen LogP contribution in [0.3, 0.4) is 0 Å². The van der Waals surface area contributed by atoms with Gasteiger partial charge in [-0.05, 0) is 48.7 Å². The van der Waals surface area contributed by atoms with E-state index in [1.165, 1.54) is 6.07 Å². The van der Waals surface area contributed by atoms with Crippen LogP contribution in [0.4, 0.5) is 5.69 Å². The summed E-state index contributed by atoms with van der Waals surface area (Å²) in [6.45, 7) is 2.12.